The molecule has 21 heavy (non-hydrogen) atoms. The average molecular weight is 280 g/mol. The van der Waals surface area contributed by atoms with Crippen LogP contribution in [-0.2, 0) is 4.79 Å². The second-order valence-electron chi connectivity index (χ2n) is 4.73. The van der Waals surface area contributed by atoms with Crippen LogP contribution in [0.15, 0.2) is 42.5 Å². The van der Waals surface area contributed by atoms with E-state index in [1.807, 2.05) is 56.3 Å². The van der Waals surface area contributed by atoms with Gasteiger partial charge in [-0.25, -0.2) is 0 Å². The fourth-order valence-corrected chi connectivity index (χ4v) is 1.91. The van der Waals surface area contributed by atoms with Crippen molar-refractivity contribution in [2.75, 3.05) is 5.32 Å². The zero-order valence-corrected chi connectivity index (χ0v) is 12.0. The zero-order valence-electron chi connectivity index (χ0n) is 12.0. The normalized spacial score (nSPS) is 9.76. The molecule has 4 nitrogen and oxygen atoms in total. The van der Waals surface area contributed by atoms with Gasteiger partial charge in [0, 0.05) is 5.69 Å². The molecule has 0 aliphatic carbocycles. The molecule has 1 N–H and O–H groups in total. The Labute approximate surface area is 124 Å². The Balaban J connectivity index is 2.15. The molecule has 2 rings (SSSR count). The molecule has 0 saturated carbocycles. The SMILES string of the molecule is Cc1ccccc1Oc1ccc(NC(=O)CC#N)cc1C. The summed E-state index contributed by atoms with van der Waals surface area (Å²) >= 11 is 0. The molecule has 0 radical (unpaired) electrons. The molecule has 2 aromatic rings. The van der Waals surface area contributed by atoms with Gasteiger partial charge in [-0.1, -0.05) is 18.2 Å². The quantitative estimate of drug-likeness (QED) is 0.922. The van der Waals surface area contributed by atoms with Crippen molar-refractivity contribution in [1.29, 1.82) is 5.26 Å². The van der Waals surface area contributed by atoms with Crippen LogP contribution < -0.4 is 10.1 Å². The van der Waals surface area contributed by atoms with E-state index in [1.54, 1.807) is 6.07 Å². The molecule has 0 aliphatic rings. The fourth-order valence-electron chi connectivity index (χ4n) is 1.91. The maximum Gasteiger partial charge on any atom is 0.238 e. The first-order chi connectivity index (χ1) is 10.1. The van der Waals surface area contributed by atoms with E-state index in [2.05, 4.69) is 5.32 Å². The predicted molar refractivity (Wildman–Crippen MR) is 81.3 cm³/mol. The van der Waals surface area contributed by atoms with E-state index in [9.17, 15) is 4.79 Å². The first-order valence-corrected chi connectivity index (χ1v) is 6.61. The Morgan fingerprint density at radius 2 is 1.86 bits per heavy atom. The van der Waals surface area contributed by atoms with E-state index < -0.39 is 0 Å². The van der Waals surface area contributed by atoms with E-state index in [4.69, 9.17) is 10.00 Å². The summed E-state index contributed by atoms with van der Waals surface area (Å²) in [6.07, 6.45) is -0.152. The Kier molecular flexibility index (Phi) is 4.57. The van der Waals surface area contributed by atoms with Crippen LogP contribution in [0.4, 0.5) is 5.69 Å². The molecule has 2 aromatic carbocycles. The van der Waals surface area contributed by atoms with Crippen molar-refractivity contribution in [1.82, 2.24) is 0 Å². The van der Waals surface area contributed by atoms with Crippen molar-refractivity contribution < 1.29 is 9.53 Å². The molecule has 0 aliphatic heterocycles. The van der Waals surface area contributed by atoms with Crippen molar-refractivity contribution >= 4 is 11.6 Å². The summed E-state index contributed by atoms with van der Waals surface area (Å²) in [6, 6.07) is 15.0. The van der Waals surface area contributed by atoms with Crippen LogP contribution in [0.3, 0.4) is 0 Å². The summed E-state index contributed by atoms with van der Waals surface area (Å²) in [5, 5.41) is 11.1. The summed E-state index contributed by atoms with van der Waals surface area (Å²) in [5.74, 6) is 1.23. The number of nitrogens with one attached hydrogen (secondary N) is 1. The maximum atomic E-state index is 11.4. The lowest BCUT2D eigenvalue weighted by atomic mass is 10.2. The van der Waals surface area contributed by atoms with Gasteiger partial charge >= 0.3 is 0 Å². The second-order valence-corrected chi connectivity index (χ2v) is 4.73. The first kappa shape index (κ1) is 14.6. The number of nitrogens with zero attached hydrogens (tertiary/aromatic N) is 1. The van der Waals surface area contributed by atoms with Crippen LogP contribution in [-0.4, -0.2) is 5.91 Å². The minimum atomic E-state index is -0.315. The second kappa shape index (κ2) is 6.58. The van der Waals surface area contributed by atoms with Crippen molar-refractivity contribution in [2.24, 2.45) is 0 Å². The number of amides is 1. The highest BCUT2D eigenvalue weighted by Crippen LogP contribution is 2.29. The summed E-state index contributed by atoms with van der Waals surface area (Å²) in [4.78, 5) is 11.4. The fraction of sp³-hybridized carbons (Fsp3) is 0.176. The highest BCUT2D eigenvalue weighted by Gasteiger charge is 2.06. The van der Waals surface area contributed by atoms with Gasteiger partial charge in [0.1, 0.15) is 17.9 Å². The number of anilines is 1. The van der Waals surface area contributed by atoms with Crippen molar-refractivity contribution in [2.45, 2.75) is 20.3 Å². The molecule has 4 heteroatoms. The first-order valence-electron chi connectivity index (χ1n) is 6.61. The van der Waals surface area contributed by atoms with Crippen molar-refractivity contribution in [3.8, 4) is 17.6 Å². The van der Waals surface area contributed by atoms with Crippen LogP contribution in [0, 0.1) is 25.2 Å². The van der Waals surface area contributed by atoms with Crippen molar-refractivity contribution in [3.63, 3.8) is 0 Å². The number of aryl methyl sites for hydroxylation is 2. The number of hydrogen-bond acceptors (Lipinski definition) is 3. The van der Waals surface area contributed by atoms with Crippen LogP contribution >= 0.6 is 0 Å². The Morgan fingerprint density at radius 1 is 1.14 bits per heavy atom. The monoisotopic (exact) mass is 280 g/mol. The molecule has 106 valence electrons. The lowest BCUT2D eigenvalue weighted by Crippen LogP contribution is -2.10. The summed E-state index contributed by atoms with van der Waals surface area (Å²) in [5.41, 5.74) is 2.63. The third-order valence-corrected chi connectivity index (χ3v) is 3.01. The summed E-state index contributed by atoms with van der Waals surface area (Å²) in [7, 11) is 0. The summed E-state index contributed by atoms with van der Waals surface area (Å²) in [6.45, 7) is 3.90. The van der Waals surface area contributed by atoms with E-state index in [0.717, 1.165) is 22.6 Å². The van der Waals surface area contributed by atoms with Gasteiger partial charge in [0.15, 0.2) is 0 Å². The maximum absolute atomic E-state index is 11.4. The van der Waals surface area contributed by atoms with Gasteiger partial charge in [0.2, 0.25) is 5.91 Å². The van der Waals surface area contributed by atoms with Gasteiger partial charge in [-0.3, -0.25) is 4.79 Å². The molecule has 0 saturated heterocycles. The molecule has 0 unspecified atom stereocenters. The van der Waals surface area contributed by atoms with Gasteiger partial charge in [0.25, 0.3) is 0 Å². The van der Waals surface area contributed by atoms with Crippen LogP contribution in [0.5, 0.6) is 11.5 Å². The number of nitriles is 1. The molecule has 0 spiro atoms. The number of rotatable bonds is 4. The number of carbonyl (C=O) groups excluding carboxylic acids is 1. The Morgan fingerprint density at radius 3 is 2.52 bits per heavy atom. The molecule has 1 amide bonds. The van der Waals surface area contributed by atoms with Crippen LogP contribution in [0.2, 0.25) is 0 Å². The molecule has 0 heterocycles. The smallest absolute Gasteiger partial charge is 0.238 e. The molecular weight excluding hydrogens is 264 g/mol. The number of ether oxygens (including phenoxy) is 1. The van der Waals surface area contributed by atoms with E-state index in [1.165, 1.54) is 0 Å². The van der Waals surface area contributed by atoms with Crippen molar-refractivity contribution in [3.05, 3.63) is 53.6 Å². The summed E-state index contributed by atoms with van der Waals surface area (Å²) < 4.78 is 5.88. The zero-order chi connectivity index (χ0) is 15.2. The molecule has 0 aromatic heterocycles. The Bertz CT molecular complexity index is 702. The van der Waals surface area contributed by atoms with Gasteiger partial charge in [-0.05, 0) is 49.2 Å². The number of para-hydroxylation sites is 1. The minimum Gasteiger partial charge on any atom is -0.457 e. The number of carbonyl (C=O) groups is 1. The van der Waals surface area contributed by atoms with Gasteiger partial charge in [-0.15, -0.1) is 0 Å². The average Bonchev–Trinajstić information content (AvgIpc) is 2.44. The van der Waals surface area contributed by atoms with Crippen LogP contribution in [0.25, 0.3) is 0 Å². The minimum absolute atomic E-state index is 0.152. The highest BCUT2D eigenvalue weighted by molar-refractivity contribution is 5.92. The lowest BCUT2D eigenvalue weighted by molar-refractivity contribution is -0.115. The molecule has 0 fully saturated rings. The van der Waals surface area contributed by atoms with E-state index >= 15 is 0 Å². The number of benzene rings is 2. The standard InChI is InChI=1S/C17H16N2O2/c1-12-5-3-4-6-15(12)21-16-8-7-14(11-13(16)2)19-17(20)9-10-18/h3-8,11H,9H2,1-2H3,(H,19,20). The highest BCUT2D eigenvalue weighted by atomic mass is 16.5. The largest absolute Gasteiger partial charge is 0.457 e. The van der Waals surface area contributed by atoms with Gasteiger partial charge < -0.3 is 10.1 Å². The molecular formula is C17H16N2O2. The Hall–Kier alpha value is -2.80. The predicted octanol–water partition coefficient (Wildman–Crippen LogP) is 3.95. The number of hydrogen-bond donors (Lipinski definition) is 1. The van der Waals surface area contributed by atoms with E-state index in [0.29, 0.717) is 5.69 Å². The van der Waals surface area contributed by atoms with Gasteiger partial charge in [-0.2, -0.15) is 5.26 Å². The topological polar surface area (TPSA) is 62.1 Å². The molecule has 0 atom stereocenters. The van der Waals surface area contributed by atoms with E-state index in [-0.39, 0.29) is 12.3 Å². The molecule has 0 bridgehead atoms. The van der Waals surface area contributed by atoms with Gasteiger partial charge in [0.05, 0.1) is 6.07 Å². The van der Waals surface area contributed by atoms with Crippen LogP contribution in [0.1, 0.15) is 17.5 Å². The lowest BCUT2D eigenvalue weighted by Gasteiger charge is -2.12. The third-order valence-electron chi connectivity index (χ3n) is 3.01. The third kappa shape index (κ3) is 3.83.